The van der Waals surface area contributed by atoms with Crippen molar-refractivity contribution in [3.63, 3.8) is 0 Å². The molecule has 0 radical (unpaired) electrons. The molecule has 2 amide bonds. The molecule has 2 aromatic carbocycles. The van der Waals surface area contributed by atoms with Crippen LogP contribution in [0.5, 0.6) is 0 Å². The highest BCUT2D eigenvalue weighted by Crippen LogP contribution is 2.35. The number of piperidine rings is 1. The molecule has 1 fully saturated rings. The van der Waals surface area contributed by atoms with Crippen molar-refractivity contribution in [3.05, 3.63) is 75.4 Å². The molecule has 32 heavy (non-hydrogen) atoms. The number of carbonyl (C=O) groups is 2. The topological polar surface area (TPSA) is 43.9 Å². The monoisotopic (exact) mass is 451 g/mol. The third kappa shape index (κ3) is 4.19. The van der Waals surface area contributed by atoms with E-state index in [1.165, 1.54) is 4.90 Å². The number of aryl methyl sites for hydroxylation is 2. The van der Waals surface area contributed by atoms with E-state index in [-0.39, 0.29) is 24.4 Å². The molecule has 6 heteroatoms. The number of imide groups is 1. The minimum atomic E-state index is -0.257. The lowest BCUT2D eigenvalue weighted by atomic mass is 9.97. The van der Waals surface area contributed by atoms with Crippen molar-refractivity contribution in [3.8, 4) is 0 Å². The van der Waals surface area contributed by atoms with E-state index in [0.717, 1.165) is 48.2 Å². The van der Waals surface area contributed by atoms with Crippen LogP contribution in [-0.4, -0.2) is 59.7 Å². The standard InChI is InChI=1S/C26H30ClN3O2/c1-17-9-10-19(15-18(17)2)23-24(29(4)21-11-13-28(3)14-12-21)26(32)30(25(23)31)16-20-7-5-6-8-22(20)27/h5-10,15,21H,11-14,16H2,1-4H3. The Hall–Kier alpha value is -2.63. The molecule has 0 aliphatic carbocycles. The first-order valence-electron chi connectivity index (χ1n) is 11.1. The number of hydrogen-bond acceptors (Lipinski definition) is 4. The summed E-state index contributed by atoms with van der Waals surface area (Å²) in [5, 5.41) is 0.554. The number of amides is 2. The summed E-state index contributed by atoms with van der Waals surface area (Å²) in [4.78, 5) is 33.0. The molecule has 4 rings (SSSR count). The van der Waals surface area contributed by atoms with E-state index in [4.69, 9.17) is 11.6 Å². The summed E-state index contributed by atoms with van der Waals surface area (Å²) < 4.78 is 0. The largest absolute Gasteiger partial charge is 0.366 e. The van der Waals surface area contributed by atoms with Gasteiger partial charge in [0.2, 0.25) is 0 Å². The normalized spacial score (nSPS) is 18.1. The van der Waals surface area contributed by atoms with Crippen molar-refractivity contribution >= 4 is 29.0 Å². The van der Waals surface area contributed by atoms with Crippen LogP contribution < -0.4 is 0 Å². The molecule has 2 heterocycles. The zero-order valence-electron chi connectivity index (χ0n) is 19.2. The van der Waals surface area contributed by atoms with E-state index in [2.05, 4.69) is 11.9 Å². The van der Waals surface area contributed by atoms with Gasteiger partial charge < -0.3 is 9.80 Å². The van der Waals surface area contributed by atoms with Crippen molar-refractivity contribution < 1.29 is 9.59 Å². The maximum Gasteiger partial charge on any atom is 0.278 e. The molecule has 2 aromatic rings. The molecule has 2 aliphatic heterocycles. The summed E-state index contributed by atoms with van der Waals surface area (Å²) in [6, 6.07) is 13.6. The minimum Gasteiger partial charge on any atom is -0.366 e. The molecule has 0 unspecified atom stereocenters. The van der Waals surface area contributed by atoms with Crippen molar-refractivity contribution in [1.82, 2.24) is 14.7 Å². The number of rotatable bonds is 5. The van der Waals surface area contributed by atoms with Gasteiger partial charge in [0.15, 0.2) is 0 Å². The smallest absolute Gasteiger partial charge is 0.278 e. The van der Waals surface area contributed by atoms with Gasteiger partial charge in [-0.3, -0.25) is 14.5 Å². The number of likely N-dealkylation sites (N-methyl/N-ethyl adjacent to an activating group) is 1. The molecule has 2 aliphatic rings. The third-order valence-corrected chi connectivity index (χ3v) is 7.18. The predicted octanol–water partition coefficient (Wildman–Crippen LogP) is 4.26. The number of halogens is 1. The SMILES string of the molecule is Cc1ccc(C2=C(N(C)C3CCN(C)CC3)C(=O)N(Cc3ccccc3Cl)C2=O)cc1C. The molecule has 0 bridgehead atoms. The summed E-state index contributed by atoms with van der Waals surface area (Å²) in [5.74, 6) is -0.502. The van der Waals surface area contributed by atoms with E-state index < -0.39 is 0 Å². The predicted molar refractivity (Wildman–Crippen MR) is 128 cm³/mol. The minimum absolute atomic E-state index is 0.163. The van der Waals surface area contributed by atoms with Crippen molar-refractivity contribution in [2.45, 2.75) is 39.3 Å². The number of carbonyl (C=O) groups excluding carboxylic acids is 2. The fraction of sp³-hybridized carbons (Fsp3) is 0.385. The second-order valence-electron chi connectivity index (χ2n) is 8.96. The number of hydrogen-bond donors (Lipinski definition) is 0. The number of nitrogens with zero attached hydrogens (tertiary/aromatic N) is 3. The second-order valence-corrected chi connectivity index (χ2v) is 9.36. The molecule has 0 saturated carbocycles. The second kappa shape index (κ2) is 9.08. The van der Waals surface area contributed by atoms with Gasteiger partial charge in [-0.1, -0.05) is 48.0 Å². The Balaban J connectivity index is 1.75. The van der Waals surface area contributed by atoms with Gasteiger partial charge in [-0.25, -0.2) is 0 Å². The Kier molecular flexibility index (Phi) is 6.40. The van der Waals surface area contributed by atoms with Gasteiger partial charge in [-0.15, -0.1) is 0 Å². The first kappa shape index (κ1) is 22.6. The Bertz CT molecular complexity index is 1090. The van der Waals surface area contributed by atoms with Crippen molar-refractivity contribution in [1.29, 1.82) is 0 Å². The van der Waals surface area contributed by atoms with Crippen molar-refractivity contribution in [2.24, 2.45) is 0 Å². The zero-order valence-corrected chi connectivity index (χ0v) is 19.9. The fourth-order valence-electron chi connectivity index (χ4n) is 4.55. The molecular weight excluding hydrogens is 422 g/mol. The highest BCUT2D eigenvalue weighted by molar-refractivity contribution is 6.35. The first-order valence-corrected chi connectivity index (χ1v) is 11.5. The Morgan fingerprint density at radius 3 is 2.34 bits per heavy atom. The van der Waals surface area contributed by atoms with Crippen molar-refractivity contribution in [2.75, 3.05) is 27.2 Å². The molecule has 0 N–H and O–H groups in total. The lowest BCUT2D eigenvalue weighted by Crippen LogP contribution is -2.43. The van der Waals surface area contributed by atoms with Gasteiger partial charge in [0.05, 0.1) is 12.1 Å². The van der Waals surface area contributed by atoms with E-state index in [9.17, 15) is 9.59 Å². The Morgan fingerprint density at radius 2 is 1.69 bits per heavy atom. The van der Waals surface area contributed by atoms with E-state index in [1.54, 1.807) is 6.07 Å². The summed E-state index contributed by atoms with van der Waals surface area (Å²) in [5.41, 5.74) is 4.80. The quantitative estimate of drug-likeness (QED) is 0.637. The van der Waals surface area contributed by atoms with E-state index >= 15 is 0 Å². The third-order valence-electron chi connectivity index (χ3n) is 6.81. The number of likely N-dealkylation sites (tertiary alicyclic amines) is 1. The summed E-state index contributed by atoms with van der Waals surface area (Å²) in [6.07, 6.45) is 1.92. The average Bonchev–Trinajstić information content (AvgIpc) is 3.02. The Labute approximate surface area is 195 Å². The molecule has 1 saturated heterocycles. The van der Waals surface area contributed by atoms with Gasteiger partial charge in [0.1, 0.15) is 5.70 Å². The van der Waals surface area contributed by atoms with Crippen LogP contribution >= 0.6 is 11.6 Å². The zero-order chi connectivity index (χ0) is 23.0. The highest BCUT2D eigenvalue weighted by Gasteiger charge is 2.42. The molecular formula is C26H30ClN3O2. The average molecular weight is 452 g/mol. The van der Waals surface area contributed by atoms with E-state index in [0.29, 0.717) is 16.3 Å². The highest BCUT2D eigenvalue weighted by atomic mass is 35.5. The number of benzene rings is 2. The summed E-state index contributed by atoms with van der Waals surface area (Å²) >= 11 is 6.35. The maximum atomic E-state index is 13.7. The fourth-order valence-corrected chi connectivity index (χ4v) is 4.75. The van der Waals surface area contributed by atoms with Crippen LogP contribution in [0.4, 0.5) is 0 Å². The van der Waals surface area contributed by atoms with Crippen LogP contribution in [0, 0.1) is 13.8 Å². The summed E-state index contributed by atoms with van der Waals surface area (Å²) in [7, 11) is 4.07. The van der Waals surface area contributed by atoms with Crippen LogP contribution in [0.25, 0.3) is 5.57 Å². The molecule has 0 aromatic heterocycles. The summed E-state index contributed by atoms with van der Waals surface area (Å²) in [6.45, 7) is 6.20. The molecule has 5 nitrogen and oxygen atoms in total. The van der Waals surface area contributed by atoms with Gasteiger partial charge in [-0.2, -0.15) is 0 Å². The molecule has 0 spiro atoms. The van der Waals surface area contributed by atoms with Gasteiger partial charge in [0.25, 0.3) is 11.8 Å². The van der Waals surface area contributed by atoms with Crippen LogP contribution in [0.3, 0.4) is 0 Å². The van der Waals surface area contributed by atoms with Crippen LogP contribution in [0.2, 0.25) is 5.02 Å². The lowest BCUT2D eigenvalue weighted by molar-refractivity contribution is -0.138. The van der Waals surface area contributed by atoms with Crippen LogP contribution in [0.15, 0.2) is 48.2 Å². The Morgan fingerprint density at radius 1 is 1.00 bits per heavy atom. The lowest BCUT2D eigenvalue weighted by Gasteiger charge is -2.36. The first-order chi connectivity index (χ1) is 15.3. The van der Waals surface area contributed by atoms with E-state index in [1.807, 2.05) is 62.2 Å². The maximum absolute atomic E-state index is 13.7. The van der Waals surface area contributed by atoms with Gasteiger partial charge >= 0.3 is 0 Å². The van der Waals surface area contributed by atoms with Crippen LogP contribution in [0.1, 0.15) is 35.1 Å². The van der Waals surface area contributed by atoms with Gasteiger partial charge in [0, 0.05) is 18.1 Å². The van der Waals surface area contributed by atoms with Gasteiger partial charge in [-0.05, 0) is 75.1 Å². The molecule has 0 atom stereocenters. The van der Waals surface area contributed by atoms with Crippen LogP contribution in [-0.2, 0) is 16.1 Å². The molecule has 168 valence electrons.